The highest BCUT2D eigenvalue weighted by Crippen LogP contribution is 2.38. The quantitative estimate of drug-likeness (QED) is 0.460. The van der Waals surface area contributed by atoms with Gasteiger partial charge in [0.1, 0.15) is 5.65 Å². The summed E-state index contributed by atoms with van der Waals surface area (Å²) in [5, 5.41) is 7.60. The molecular formula is C19H22F3N7O2S. The summed E-state index contributed by atoms with van der Waals surface area (Å²) in [5.41, 5.74) is 1.13. The van der Waals surface area contributed by atoms with Gasteiger partial charge in [0, 0.05) is 44.9 Å². The van der Waals surface area contributed by atoms with Crippen molar-refractivity contribution in [2.24, 2.45) is 18.9 Å². The Morgan fingerprint density at radius 2 is 2.19 bits per heavy atom. The van der Waals surface area contributed by atoms with Crippen LogP contribution in [-0.4, -0.2) is 67.2 Å². The summed E-state index contributed by atoms with van der Waals surface area (Å²) in [6, 6.07) is 1.69. The van der Waals surface area contributed by atoms with Gasteiger partial charge in [-0.05, 0) is 11.8 Å². The van der Waals surface area contributed by atoms with Crippen molar-refractivity contribution >= 4 is 41.2 Å². The van der Waals surface area contributed by atoms with Crippen molar-refractivity contribution in [2.75, 3.05) is 30.8 Å². The smallest absolute Gasteiger partial charge is 0.393 e. The molecule has 32 heavy (non-hydrogen) atoms. The predicted molar refractivity (Wildman–Crippen MR) is 114 cm³/mol. The maximum Gasteiger partial charge on any atom is 0.393 e. The van der Waals surface area contributed by atoms with E-state index >= 15 is 0 Å². The Morgan fingerprint density at radius 1 is 1.38 bits per heavy atom. The van der Waals surface area contributed by atoms with Crippen LogP contribution in [0.3, 0.4) is 0 Å². The number of fused-ring (bicyclic) bond motifs is 1. The van der Waals surface area contributed by atoms with Gasteiger partial charge >= 0.3 is 6.18 Å². The summed E-state index contributed by atoms with van der Waals surface area (Å²) in [4.78, 5) is 25.0. The molecule has 1 aliphatic rings. The fraction of sp³-hybridized carbons (Fsp3) is 0.474. The number of H-pyrrole nitrogens is 1. The molecule has 0 radical (unpaired) electrons. The lowest BCUT2D eigenvalue weighted by molar-refractivity contribution is -0.182. The van der Waals surface area contributed by atoms with Gasteiger partial charge in [-0.2, -0.15) is 40.9 Å². The third kappa shape index (κ3) is 4.76. The van der Waals surface area contributed by atoms with Crippen molar-refractivity contribution < 1.29 is 22.7 Å². The Balaban J connectivity index is 1.53. The topological polar surface area (TPSA) is 101 Å². The molecule has 0 bridgehead atoms. The monoisotopic (exact) mass is 469 g/mol. The maximum atomic E-state index is 13.6. The van der Waals surface area contributed by atoms with E-state index in [9.17, 15) is 18.0 Å². The standard InChI is InChI=1S/C19H22F3N7O2S/c1-28-8-12(6-24-28)25-18-26-16-13(2-4-23-16)17(27-18)31-10-11-7-29(15(30)3-5-32)9-14(11)19(20,21)22/h2,4,6,8,11,14,32H,3,5,7,9-10H2,1H3,(H2,23,25,26,27)/t11-,14+/m1/s1. The van der Waals surface area contributed by atoms with Crippen molar-refractivity contribution in [1.29, 1.82) is 0 Å². The number of carbonyl (C=O) groups excluding carboxylic acids is 1. The van der Waals surface area contributed by atoms with E-state index in [1.807, 2.05) is 0 Å². The molecule has 0 aromatic carbocycles. The molecule has 3 aromatic rings. The van der Waals surface area contributed by atoms with Gasteiger partial charge in [0.25, 0.3) is 0 Å². The van der Waals surface area contributed by atoms with E-state index in [1.165, 1.54) is 4.90 Å². The Bertz CT molecular complexity index is 1100. The number of likely N-dealkylation sites (tertiary alicyclic amines) is 1. The number of ether oxygens (including phenoxy) is 1. The van der Waals surface area contributed by atoms with E-state index in [0.29, 0.717) is 16.7 Å². The van der Waals surface area contributed by atoms with Crippen molar-refractivity contribution in [2.45, 2.75) is 12.6 Å². The minimum absolute atomic E-state index is 0.0288. The molecule has 4 heterocycles. The molecule has 0 aliphatic carbocycles. The van der Waals surface area contributed by atoms with Crippen molar-refractivity contribution in [3.05, 3.63) is 24.7 Å². The van der Waals surface area contributed by atoms with Gasteiger partial charge in [0.15, 0.2) is 0 Å². The third-order valence-corrected chi connectivity index (χ3v) is 5.54. The highest BCUT2D eigenvalue weighted by molar-refractivity contribution is 7.80. The molecule has 1 amide bonds. The van der Waals surface area contributed by atoms with Gasteiger partial charge < -0.3 is 19.9 Å². The molecule has 2 N–H and O–H groups in total. The maximum absolute atomic E-state index is 13.6. The van der Waals surface area contributed by atoms with Crippen molar-refractivity contribution in [1.82, 2.24) is 29.6 Å². The lowest BCUT2D eigenvalue weighted by atomic mass is 9.96. The summed E-state index contributed by atoms with van der Waals surface area (Å²) < 4.78 is 48.2. The van der Waals surface area contributed by atoms with Crippen LogP contribution in [0, 0.1) is 11.8 Å². The Hall–Kier alpha value is -2.96. The van der Waals surface area contributed by atoms with E-state index in [0.717, 1.165) is 0 Å². The SMILES string of the molecule is Cn1cc(Nc2nc(OC[C@H]3CN(C(=O)CCS)C[C@@H]3C(F)(F)F)c3cc[nH]c3n2)cn1. The molecule has 4 rings (SSSR count). The number of hydrogen-bond acceptors (Lipinski definition) is 7. The van der Waals surface area contributed by atoms with Crippen LogP contribution in [0.2, 0.25) is 0 Å². The first-order chi connectivity index (χ1) is 15.2. The van der Waals surface area contributed by atoms with E-state index in [-0.39, 0.29) is 49.6 Å². The minimum Gasteiger partial charge on any atom is -0.477 e. The molecule has 13 heteroatoms. The molecule has 1 saturated heterocycles. The van der Waals surface area contributed by atoms with Crippen LogP contribution in [0.15, 0.2) is 24.7 Å². The van der Waals surface area contributed by atoms with E-state index in [1.54, 1.807) is 36.4 Å². The zero-order valence-corrected chi connectivity index (χ0v) is 18.0. The highest BCUT2D eigenvalue weighted by Gasteiger charge is 2.50. The first-order valence-electron chi connectivity index (χ1n) is 9.93. The Morgan fingerprint density at radius 3 is 2.88 bits per heavy atom. The largest absolute Gasteiger partial charge is 0.477 e. The van der Waals surface area contributed by atoms with Gasteiger partial charge in [-0.1, -0.05) is 0 Å². The van der Waals surface area contributed by atoms with Gasteiger partial charge in [0.05, 0.1) is 29.8 Å². The molecule has 172 valence electrons. The molecule has 0 unspecified atom stereocenters. The van der Waals surface area contributed by atoms with E-state index < -0.39 is 18.0 Å². The lowest BCUT2D eigenvalue weighted by Crippen LogP contribution is -2.33. The average Bonchev–Trinajstić information content (AvgIpc) is 3.45. The molecule has 0 spiro atoms. The van der Waals surface area contributed by atoms with Crippen LogP contribution in [0.5, 0.6) is 5.88 Å². The fourth-order valence-electron chi connectivity index (χ4n) is 3.75. The summed E-state index contributed by atoms with van der Waals surface area (Å²) in [6.45, 7) is -0.640. The predicted octanol–water partition coefficient (Wildman–Crippen LogP) is 2.77. The van der Waals surface area contributed by atoms with Crippen LogP contribution in [0.1, 0.15) is 6.42 Å². The van der Waals surface area contributed by atoms with Gasteiger partial charge in [-0.25, -0.2) is 0 Å². The van der Waals surface area contributed by atoms with Crippen molar-refractivity contribution in [3.63, 3.8) is 0 Å². The minimum atomic E-state index is -4.44. The first kappa shape index (κ1) is 22.2. The normalized spacial score (nSPS) is 19.0. The zero-order chi connectivity index (χ0) is 22.9. The number of aromatic amines is 1. The number of halogens is 3. The zero-order valence-electron chi connectivity index (χ0n) is 17.1. The molecule has 2 atom stereocenters. The third-order valence-electron chi connectivity index (χ3n) is 5.32. The molecule has 0 saturated carbocycles. The number of carbonyl (C=O) groups is 1. The Kier molecular flexibility index (Phi) is 6.17. The number of aromatic nitrogens is 5. The van der Waals surface area contributed by atoms with Crippen LogP contribution in [-0.2, 0) is 11.8 Å². The van der Waals surface area contributed by atoms with Crippen LogP contribution in [0.25, 0.3) is 11.0 Å². The molecule has 9 nitrogen and oxygen atoms in total. The number of nitrogens with zero attached hydrogens (tertiary/aromatic N) is 5. The van der Waals surface area contributed by atoms with E-state index in [4.69, 9.17) is 4.74 Å². The number of nitrogens with one attached hydrogen (secondary N) is 2. The Labute approximate surface area is 186 Å². The van der Waals surface area contributed by atoms with Gasteiger partial charge in [0.2, 0.25) is 17.7 Å². The van der Waals surface area contributed by atoms with Gasteiger partial charge in [-0.15, -0.1) is 0 Å². The van der Waals surface area contributed by atoms with E-state index in [2.05, 4.69) is 38.0 Å². The summed E-state index contributed by atoms with van der Waals surface area (Å²) in [6.07, 6.45) is 0.621. The average molecular weight is 469 g/mol. The number of aryl methyl sites for hydroxylation is 1. The summed E-state index contributed by atoms with van der Waals surface area (Å²) in [7, 11) is 1.76. The number of rotatable bonds is 7. The number of amides is 1. The molecule has 3 aromatic heterocycles. The highest BCUT2D eigenvalue weighted by atomic mass is 32.1. The molecular weight excluding hydrogens is 447 g/mol. The van der Waals surface area contributed by atoms with Crippen molar-refractivity contribution in [3.8, 4) is 5.88 Å². The summed E-state index contributed by atoms with van der Waals surface area (Å²) in [5.74, 6) is -2.25. The van der Waals surface area contributed by atoms with Crippen LogP contribution < -0.4 is 10.1 Å². The second kappa shape index (κ2) is 8.88. The number of thiol groups is 1. The molecule has 1 aliphatic heterocycles. The van der Waals surface area contributed by atoms with Gasteiger partial charge in [-0.3, -0.25) is 9.48 Å². The second-order valence-electron chi connectivity index (χ2n) is 7.61. The first-order valence-corrected chi connectivity index (χ1v) is 10.6. The fourth-order valence-corrected chi connectivity index (χ4v) is 3.94. The number of anilines is 2. The summed E-state index contributed by atoms with van der Waals surface area (Å²) >= 11 is 4.00. The van der Waals surface area contributed by atoms with Crippen LogP contribution in [0.4, 0.5) is 24.8 Å². The molecule has 1 fully saturated rings. The van der Waals surface area contributed by atoms with Crippen LogP contribution >= 0.6 is 12.6 Å². The second-order valence-corrected chi connectivity index (χ2v) is 8.06. The number of hydrogen-bond donors (Lipinski definition) is 3. The number of alkyl halides is 3. The lowest BCUT2D eigenvalue weighted by Gasteiger charge is -2.21.